The summed E-state index contributed by atoms with van der Waals surface area (Å²) in [5.41, 5.74) is 0.311. The first-order chi connectivity index (χ1) is 10.6. The summed E-state index contributed by atoms with van der Waals surface area (Å²) >= 11 is 0. The van der Waals surface area contributed by atoms with Gasteiger partial charge in [-0.2, -0.15) is 5.10 Å². The predicted octanol–water partition coefficient (Wildman–Crippen LogP) is 1.77. The lowest BCUT2D eigenvalue weighted by molar-refractivity contribution is -0.144. The summed E-state index contributed by atoms with van der Waals surface area (Å²) in [5, 5.41) is 6.58. The average molecular weight is 305 g/mol. The molecule has 1 aromatic carbocycles. The molecule has 0 aliphatic heterocycles. The third-order valence-electron chi connectivity index (χ3n) is 2.81. The molecule has 0 spiro atoms. The molecule has 0 bridgehead atoms. The van der Waals surface area contributed by atoms with Crippen molar-refractivity contribution in [3.63, 3.8) is 0 Å². The number of benzene rings is 1. The third kappa shape index (κ3) is 4.41. The van der Waals surface area contributed by atoms with Crippen LogP contribution in [0.3, 0.4) is 0 Å². The summed E-state index contributed by atoms with van der Waals surface area (Å²) in [4.78, 5) is 23.2. The summed E-state index contributed by atoms with van der Waals surface area (Å²) in [6.45, 7) is 1.98. The van der Waals surface area contributed by atoms with Crippen LogP contribution in [0.25, 0.3) is 0 Å². The molecule has 2 aromatic rings. The number of halogens is 1. The van der Waals surface area contributed by atoms with Crippen LogP contribution in [0, 0.1) is 5.82 Å². The Balaban J connectivity index is 1.91. The second kappa shape index (κ2) is 7.35. The van der Waals surface area contributed by atoms with Crippen molar-refractivity contribution in [2.75, 3.05) is 11.9 Å². The number of nitrogens with zero attached hydrogens (tertiary/aromatic N) is 2. The number of aromatic nitrogens is 2. The Morgan fingerprint density at radius 1 is 1.32 bits per heavy atom. The Morgan fingerprint density at radius 3 is 2.82 bits per heavy atom. The third-order valence-corrected chi connectivity index (χ3v) is 2.81. The Kier molecular flexibility index (Phi) is 5.24. The first kappa shape index (κ1) is 15.7. The fourth-order valence-corrected chi connectivity index (χ4v) is 1.86. The Morgan fingerprint density at radius 2 is 2.09 bits per heavy atom. The van der Waals surface area contributed by atoms with Gasteiger partial charge in [-0.05, 0) is 18.6 Å². The molecule has 0 aliphatic rings. The maximum atomic E-state index is 13.5. The van der Waals surface area contributed by atoms with Crippen molar-refractivity contribution in [1.82, 2.24) is 9.78 Å². The van der Waals surface area contributed by atoms with Gasteiger partial charge >= 0.3 is 5.97 Å². The zero-order valence-electron chi connectivity index (χ0n) is 12.1. The molecule has 1 amide bonds. The number of nitrogens with one attached hydrogen (secondary N) is 1. The minimum absolute atomic E-state index is 0.0307. The number of anilines is 1. The van der Waals surface area contributed by atoms with E-state index in [2.05, 4.69) is 10.4 Å². The van der Waals surface area contributed by atoms with Crippen LogP contribution in [-0.2, 0) is 27.3 Å². The van der Waals surface area contributed by atoms with Gasteiger partial charge < -0.3 is 10.1 Å². The van der Waals surface area contributed by atoms with Crippen molar-refractivity contribution in [3.05, 3.63) is 47.9 Å². The van der Waals surface area contributed by atoms with Gasteiger partial charge in [-0.25, -0.2) is 4.39 Å². The van der Waals surface area contributed by atoms with E-state index in [0.29, 0.717) is 18.0 Å². The van der Waals surface area contributed by atoms with Crippen LogP contribution in [0.1, 0.15) is 12.5 Å². The van der Waals surface area contributed by atoms with E-state index < -0.39 is 11.8 Å². The number of rotatable bonds is 6. The van der Waals surface area contributed by atoms with Gasteiger partial charge in [-0.15, -0.1) is 0 Å². The van der Waals surface area contributed by atoms with Crippen LogP contribution >= 0.6 is 0 Å². The molecule has 1 N–H and O–H groups in total. The molecule has 0 atom stereocenters. The van der Waals surface area contributed by atoms with Crippen LogP contribution in [-0.4, -0.2) is 28.3 Å². The molecule has 7 heteroatoms. The van der Waals surface area contributed by atoms with E-state index in [1.54, 1.807) is 37.4 Å². The van der Waals surface area contributed by atoms with Crippen molar-refractivity contribution in [3.8, 4) is 0 Å². The van der Waals surface area contributed by atoms with E-state index in [-0.39, 0.29) is 18.9 Å². The van der Waals surface area contributed by atoms with E-state index in [0.717, 1.165) is 0 Å². The fourth-order valence-electron chi connectivity index (χ4n) is 1.86. The number of hydrogen-bond acceptors (Lipinski definition) is 4. The Labute approximate surface area is 126 Å². The monoisotopic (exact) mass is 305 g/mol. The normalized spacial score (nSPS) is 10.3. The van der Waals surface area contributed by atoms with Crippen molar-refractivity contribution >= 4 is 17.7 Å². The van der Waals surface area contributed by atoms with E-state index >= 15 is 0 Å². The van der Waals surface area contributed by atoms with Gasteiger partial charge in [0, 0.05) is 12.3 Å². The molecule has 116 valence electrons. The molecule has 0 fully saturated rings. The Hall–Kier alpha value is -2.70. The van der Waals surface area contributed by atoms with E-state index in [9.17, 15) is 14.0 Å². The van der Waals surface area contributed by atoms with Gasteiger partial charge in [-0.1, -0.05) is 18.2 Å². The second-order valence-electron chi connectivity index (χ2n) is 4.52. The van der Waals surface area contributed by atoms with Crippen molar-refractivity contribution in [2.45, 2.75) is 19.9 Å². The number of hydrogen-bond donors (Lipinski definition) is 1. The highest BCUT2D eigenvalue weighted by Gasteiger charge is 2.10. The first-order valence-electron chi connectivity index (χ1n) is 6.81. The van der Waals surface area contributed by atoms with E-state index in [1.807, 2.05) is 0 Å². The Bertz CT molecular complexity index is 670. The molecule has 6 nitrogen and oxygen atoms in total. The molecule has 0 saturated heterocycles. The molecule has 0 aliphatic carbocycles. The minimum Gasteiger partial charge on any atom is -0.465 e. The number of ether oxygens (including phenoxy) is 1. The van der Waals surface area contributed by atoms with Gasteiger partial charge in [0.2, 0.25) is 5.91 Å². The number of carbonyl (C=O) groups excluding carboxylic acids is 2. The second-order valence-corrected chi connectivity index (χ2v) is 4.52. The molecular formula is C15H16FN3O3. The zero-order valence-corrected chi connectivity index (χ0v) is 12.1. The number of carbonyl (C=O) groups is 2. The highest BCUT2D eigenvalue weighted by atomic mass is 19.1. The lowest BCUT2D eigenvalue weighted by Crippen LogP contribution is -2.17. The summed E-state index contributed by atoms with van der Waals surface area (Å²) in [5.74, 6) is -0.919. The lowest BCUT2D eigenvalue weighted by atomic mass is 10.1. The van der Waals surface area contributed by atoms with Gasteiger partial charge in [0.05, 0.1) is 13.0 Å². The summed E-state index contributed by atoms with van der Waals surface area (Å²) in [6, 6.07) is 7.64. The van der Waals surface area contributed by atoms with Crippen molar-refractivity contribution in [1.29, 1.82) is 0 Å². The highest BCUT2D eigenvalue weighted by Crippen LogP contribution is 2.09. The molecule has 2 rings (SSSR count). The molecular weight excluding hydrogens is 289 g/mol. The van der Waals surface area contributed by atoms with E-state index in [4.69, 9.17) is 4.74 Å². The van der Waals surface area contributed by atoms with Crippen molar-refractivity contribution < 1.29 is 18.7 Å². The SMILES string of the molecule is CCOC(=O)Cn1ccc(NC(=O)Cc2ccccc2F)n1. The molecule has 1 aromatic heterocycles. The maximum absolute atomic E-state index is 13.5. The summed E-state index contributed by atoms with van der Waals surface area (Å²) < 4.78 is 19.6. The van der Waals surface area contributed by atoms with Crippen LogP contribution in [0.15, 0.2) is 36.5 Å². The smallest absolute Gasteiger partial charge is 0.327 e. The standard InChI is InChI=1S/C15H16FN3O3/c1-2-22-15(21)10-19-8-7-13(18-19)17-14(20)9-11-5-3-4-6-12(11)16/h3-8H,2,9-10H2,1H3,(H,17,18,20). The molecule has 0 radical (unpaired) electrons. The van der Waals surface area contributed by atoms with Crippen LogP contribution in [0.5, 0.6) is 0 Å². The molecule has 0 saturated carbocycles. The van der Waals surface area contributed by atoms with Gasteiger partial charge in [0.1, 0.15) is 12.4 Å². The van der Waals surface area contributed by atoms with Gasteiger partial charge in [0.15, 0.2) is 5.82 Å². The molecule has 1 heterocycles. The minimum atomic E-state index is -0.425. The quantitative estimate of drug-likeness (QED) is 0.825. The number of esters is 1. The van der Waals surface area contributed by atoms with Gasteiger partial charge in [0.25, 0.3) is 0 Å². The van der Waals surface area contributed by atoms with E-state index in [1.165, 1.54) is 10.7 Å². The van der Waals surface area contributed by atoms with Crippen LogP contribution < -0.4 is 5.32 Å². The maximum Gasteiger partial charge on any atom is 0.327 e. The molecule has 0 unspecified atom stereocenters. The fraction of sp³-hybridized carbons (Fsp3) is 0.267. The molecule has 22 heavy (non-hydrogen) atoms. The van der Waals surface area contributed by atoms with Gasteiger partial charge in [-0.3, -0.25) is 14.3 Å². The predicted molar refractivity (Wildman–Crippen MR) is 77.6 cm³/mol. The first-order valence-corrected chi connectivity index (χ1v) is 6.81. The number of amides is 1. The van der Waals surface area contributed by atoms with Crippen LogP contribution in [0.2, 0.25) is 0 Å². The largest absolute Gasteiger partial charge is 0.465 e. The summed E-state index contributed by atoms with van der Waals surface area (Å²) in [6.07, 6.45) is 1.47. The zero-order chi connectivity index (χ0) is 15.9. The topological polar surface area (TPSA) is 73.2 Å². The van der Waals surface area contributed by atoms with Crippen LogP contribution in [0.4, 0.5) is 10.2 Å². The average Bonchev–Trinajstić information content (AvgIpc) is 2.88. The summed E-state index contributed by atoms with van der Waals surface area (Å²) in [7, 11) is 0. The highest BCUT2D eigenvalue weighted by molar-refractivity contribution is 5.91. The van der Waals surface area contributed by atoms with Crippen molar-refractivity contribution in [2.24, 2.45) is 0 Å². The lowest BCUT2D eigenvalue weighted by Gasteiger charge is -2.04.